The summed E-state index contributed by atoms with van der Waals surface area (Å²) >= 11 is 3.63. The Bertz CT molecular complexity index is 693. The summed E-state index contributed by atoms with van der Waals surface area (Å²) in [6.45, 7) is 5.81. The number of nitrogens with one attached hydrogen (secondary N) is 2. The molecule has 0 aliphatic heterocycles. The van der Waals surface area contributed by atoms with E-state index >= 15 is 0 Å². The second-order valence-electron chi connectivity index (χ2n) is 6.34. The highest BCUT2D eigenvalue weighted by atomic mass is 79.9. The molecule has 0 spiro atoms. The van der Waals surface area contributed by atoms with Crippen molar-refractivity contribution in [1.29, 1.82) is 0 Å². The Kier molecular flexibility index (Phi) is 9.62. The number of benzene rings is 2. The van der Waals surface area contributed by atoms with Gasteiger partial charge in [0.05, 0.1) is 13.7 Å². The van der Waals surface area contributed by atoms with E-state index in [2.05, 4.69) is 57.8 Å². The molecule has 0 saturated heterocycles. The van der Waals surface area contributed by atoms with Gasteiger partial charge >= 0.3 is 0 Å². The molecule has 0 atom stereocenters. The monoisotopic (exact) mass is 436 g/mol. The van der Waals surface area contributed by atoms with Gasteiger partial charge in [-0.2, -0.15) is 0 Å². The van der Waals surface area contributed by atoms with Crippen molar-refractivity contribution in [2.24, 2.45) is 0 Å². The SMILES string of the molecule is COc1ccc(Br)c(CNCCCNCCO)c1OCc1ccc(C)cc1. The molecule has 0 aromatic heterocycles. The number of aliphatic hydroxyl groups excluding tert-OH is 1. The first-order chi connectivity index (χ1) is 13.2. The molecule has 0 aliphatic carbocycles. The molecule has 0 aliphatic rings. The number of halogens is 1. The summed E-state index contributed by atoms with van der Waals surface area (Å²) in [7, 11) is 1.66. The van der Waals surface area contributed by atoms with E-state index in [1.54, 1.807) is 7.11 Å². The highest BCUT2D eigenvalue weighted by Crippen LogP contribution is 2.36. The van der Waals surface area contributed by atoms with Crippen molar-refractivity contribution >= 4 is 15.9 Å². The van der Waals surface area contributed by atoms with Gasteiger partial charge in [-0.25, -0.2) is 0 Å². The smallest absolute Gasteiger partial charge is 0.167 e. The van der Waals surface area contributed by atoms with E-state index < -0.39 is 0 Å². The molecule has 0 unspecified atom stereocenters. The van der Waals surface area contributed by atoms with Gasteiger partial charge in [0.2, 0.25) is 0 Å². The Labute approximate surface area is 170 Å². The van der Waals surface area contributed by atoms with Crippen LogP contribution < -0.4 is 20.1 Å². The Hall–Kier alpha value is -1.60. The van der Waals surface area contributed by atoms with Crippen LogP contribution in [0.25, 0.3) is 0 Å². The van der Waals surface area contributed by atoms with Crippen LogP contribution in [0.3, 0.4) is 0 Å². The van der Waals surface area contributed by atoms with Crippen LogP contribution in [0, 0.1) is 6.92 Å². The summed E-state index contributed by atoms with van der Waals surface area (Å²) < 4.78 is 12.6. The second kappa shape index (κ2) is 12.0. The third kappa shape index (κ3) is 7.14. The first-order valence-electron chi connectivity index (χ1n) is 9.21. The van der Waals surface area contributed by atoms with Crippen LogP contribution in [-0.2, 0) is 13.2 Å². The van der Waals surface area contributed by atoms with Gasteiger partial charge in [-0.05, 0) is 44.1 Å². The van der Waals surface area contributed by atoms with Crippen LogP contribution in [0.2, 0.25) is 0 Å². The van der Waals surface area contributed by atoms with Gasteiger partial charge < -0.3 is 25.2 Å². The van der Waals surface area contributed by atoms with Crippen LogP contribution in [-0.4, -0.2) is 38.5 Å². The standard InChI is InChI=1S/C21H29BrN2O3/c1-16-4-6-17(7-5-16)15-27-21-18(19(22)8-9-20(21)26-2)14-24-11-3-10-23-12-13-25/h4-9,23-25H,3,10-15H2,1-2H3. The van der Waals surface area contributed by atoms with E-state index in [1.807, 2.05) is 12.1 Å². The third-order valence-corrected chi connectivity index (χ3v) is 4.93. The van der Waals surface area contributed by atoms with Crippen molar-refractivity contribution in [3.8, 4) is 11.5 Å². The lowest BCUT2D eigenvalue weighted by Gasteiger charge is -2.17. The molecular formula is C21H29BrN2O3. The van der Waals surface area contributed by atoms with E-state index in [1.165, 1.54) is 5.56 Å². The first kappa shape index (κ1) is 21.7. The number of hydrogen-bond acceptors (Lipinski definition) is 5. The summed E-state index contributed by atoms with van der Waals surface area (Å²) in [5, 5.41) is 15.4. The van der Waals surface area contributed by atoms with Crippen LogP contribution in [0.5, 0.6) is 11.5 Å². The van der Waals surface area contributed by atoms with E-state index in [-0.39, 0.29) is 6.61 Å². The van der Waals surface area contributed by atoms with Gasteiger partial charge in [-0.1, -0.05) is 45.8 Å². The van der Waals surface area contributed by atoms with Crippen LogP contribution in [0.4, 0.5) is 0 Å². The predicted octanol–water partition coefficient (Wildman–Crippen LogP) is 3.41. The molecule has 0 bridgehead atoms. The quantitative estimate of drug-likeness (QED) is 0.445. The molecule has 0 heterocycles. The van der Waals surface area contributed by atoms with Gasteiger partial charge in [0.25, 0.3) is 0 Å². The van der Waals surface area contributed by atoms with Crippen molar-refractivity contribution in [3.05, 3.63) is 57.6 Å². The molecule has 3 N–H and O–H groups in total. The van der Waals surface area contributed by atoms with Crippen LogP contribution in [0.15, 0.2) is 40.9 Å². The third-order valence-electron chi connectivity index (χ3n) is 4.19. The number of aliphatic hydroxyl groups is 1. The number of methoxy groups -OCH3 is 1. The maximum Gasteiger partial charge on any atom is 0.167 e. The Morgan fingerprint density at radius 1 is 1.00 bits per heavy atom. The molecule has 2 aromatic carbocycles. The van der Waals surface area contributed by atoms with Crippen molar-refractivity contribution in [2.75, 3.05) is 33.4 Å². The fourth-order valence-corrected chi connectivity index (χ4v) is 3.11. The van der Waals surface area contributed by atoms with Gasteiger partial charge in [-0.15, -0.1) is 0 Å². The summed E-state index contributed by atoms with van der Waals surface area (Å²) in [4.78, 5) is 0. The molecule has 148 valence electrons. The largest absolute Gasteiger partial charge is 0.493 e. The molecule has 0 saturated carbocycles. The zero-order valence-corrected chi connectivity index (χ0v) is 17.6. The molecule has 0 radical (unpaired) electrons. The van der Waals surface area contributed by atoms with Crippen LogP contribution >= 0.6 is 15.9 Å². The summed E-state index contributed by atoms with van der Waals surface area (Å²) in [5.41, 5.74) is 3.40. The Morgan fingerprint density at radius 2 is 1.74 bits per heavy atom. The minimum absolute atomic E-state index is 0.172. The molecule has 5 nitrogen and oxygen atoms in total. The molecule has 0 amide bonds. The van der Waals surface area contributed by atoms with Crippen molar-refractivity contribution in [2.45, 2.75) is 26.5 Å². The summed E-state index contributed by atoms with van der Waals surface area (Å²) in [6.07, 6.45) is 0.987. The maximum absolute atomic E-state index is 8.77. The van der Waals surface area contributed by atoms with Gasteiger partial charge in [0.1, 0.15) is 6.61 Å². The first-order valence-corrected chi connectivity index (χ1v) is 10.0. The minimum Gasteiger partial charge on any atom is -0.493 e. The van der Waals surface area contributed by atoms with Crippen LogP contribution in [0.1, 0.15) is 23.1 Å². The lowest BCUT2D eigenvalue weighted by Crippen LogP contribution is -2.24. The van der Waals surface area contributed by atoms with Gasteiger partial charge in [0, 0.05) is 23.1 Å². The van der Waals surface area contributed by atoms with Crippen molar-refractivity contribution in [1.82, 2.24) is 10.6 Å². The lowest BCUT2D eigenvalue weighted by molar-refractivity contribution is 0.280. The highest BCUT2D eigenvalue weighted by molar-refractivity contribution is 9.10. The topological polar surface area (TPSA) is 62.8 Å². The van der Waals surface area contributed by atoms with E-state index in [9.17, 15) is 0 Å². The molecule has 27 heavy (non-hydrogen) atoms. The zero-order chi connectivity index (χ0) is 19.5. The summed E-state index contributed by atoms with van der Waals surface area (Å²) in [6, 6.07) is 12.2. The lowest BCUT2D eigenvalue weighted by atomic mass is 10.1. The number of rotatable bonds is 12. The second-order valence-corrected chi connectivity index (χ2v) is 7.19. The Morgan fingerprint density at radius 3 is 2.44 bits per heavy atom. The van der Waals surface area contributed by atoms with E-state index in [0.717, 1.165) is 46.6 Å². The predicted molar refractivity (Wildman–Crippen MR) is 112 cm³/mol. The fraction of sp³-hybridized carbons (Fsp3) is 0.429. The maximum atomic E-state index is 8.77. The Balaban J connectivity index is 1.99. The molecule has 0 fully saturated rings. The van der Waals surface area contributed by atoms with Gasteiger partial charge in [-0.3, -0.25) is 0 Å². The molecule has 6 heteroatoms. The van der Waals surface area contributed by atoms with Crippen molar-refractivity contribution in [3.63, 3.8) is 0 Å². The number of hydrogen-bond donors (Lipinski definition) is 3. The zero-order valence-electron chi connectivity index (χ0n) is 16.1. The minimum atomic E-state index is 0.172. The van der Waals surface area contributed by atoms with E-state index in [0.29, 0.717) is 19.7 Å². The summed E-state index contributed by atoms with van der Waals surface area (Å²) in [5.74, 6) is 1.49. The number of ether oxygens (including phenoxy) is 2. The number of aryl methyl sites for hydroxylation is 1. The molecule has 2 rings (SSSR count). The average molecular weight is 437 g/mol. The normalized spacial score (nSPS) is 10.8. The highest BCUT2D eigenvalue weighted by Gasteiger charge is 2.14. The average Bonchev–Trinajstić information content (AvgIpc) is 2.68. The molecule has 2 aromatic rings. The van der Waals surface area contributed by atoms with Crippen molar-refractivity contribution < 1.29 is 14.6 Å². The van der Waals surface area contributed by atoms with Gasteiger partial charge in [0.15, 0.2) is 11.5 Å². The molecular weight excluding hydrogens is 408 g/mol. The van der Waals surface area contributed by atoms with E-state index in [4.69, 9.17) is 14.6 Å². The fourth-order valence-electron chi connectivity index (χ4n) is 2.66.